The fourth-order valence-electron chi connectivity index (χ4n) is 4.08. The first-order chi connectivity index (χ1) is 13.0. The van der Waals surface area contributed by atoms with Gasteiger partial charge in [0.05, 0.1) is 17.6 Å². The molecular formula is C21H22FN3O2. The third-order valence-electron chi connectivity index (χ3n) is 5.73. The molecule has 2 saturated heterocycles. The minimum absolute atomic E-state index is 0.0493. The quantitative estimate of drug-likeness (QED) is 0.819. The highest BCUT2D eigenvalue weighted by Crippen LogP contribution is 2.34. The molecule has 5 nitrogen and oxygen atoms in total. The molecule has 0 radical (unpaired) electrons. The molecule has 2 heterocycles. The molecule has 1 atom stereocenters. The van der Waals surface area contributed by atoms with Crippen molar-refractivity contribution in [3.63, 3.8) is 0 Å². The lowest BCUT2D eigenvalue weighted by molar-refractivity contribution is -0.123. The summed E-state index contributed by atoms with van der Waals surface area (Å²) in [5.41, 5.74) is 0.655. The molecule has 2 aliphatic heterocycles. The Morgan fingerprint density at radius 3 is 2.48 bits per heavy atom. The standard InChI is InChI=1S/C21H22FN3O2/c1-23-13-19(26)25(16-7-3-2-4-8-16)15-21(23)11-12-24(14-21)20(27)17-9-5-6-10-18(17)22/h2-10H,11-15H2,1H3/t21-/m0/s1. The minimum atomic E-state index is -0.499. The highest BCUT2D eigenvalue weighted by atomic mass is 19.1. The number of halogens is 1. The molecule has 0 unspecified atom stereocenters. The van der Waals surface area contributed by atoms with Gasteiger partial charge in [-0.25, -0.2) is 4.39 Å². The van der Waals surface area contributed by atoms with Crippen LogP contribution in [0.3, 0.4) is 0 Å². The second-order valence-corrected chi connectivity index (χ2v) is 7.35. The molecule has 1 spiro atoms. The molecular weight excluding hydrogens is 345 g/mol. The van der Waals surface area contributed by atoms with Gasteiger partial charge in [-0.3, -0.25) is 14.5 Å². The Kier molecular flexibility index (Phi) is 4.44. The number of benzene rings is 2. The second kappa shape index (κ2) is 6.78. The number of piperazine rings is 1. The van der Waals surface area contributed by atoms with Crippen molar-refractivity contribution >= 4 is 17.5 Å². The number of hydrogen-bond acceptors (Lipinski definition) is 3. The van der Waals surface area contributed by atoms with Crippen LogP contribution in [0.15, 0.2) is 54.6 Å². The van der Waals surface area contributed by atoms with E-state index in [0.717, 1.165) is 12.1 Å². The van der Waals surface area contributed by atoms with Gasteiger partial charge in [0.25, 0.3) is 5.91 Å². The highest BCUT2D eigenvalue weighted by Gasteiger charge is 2.48. The first kappa shape index (κ1) is 17.7. The number of anilines is 1. The van der Waals surface area contributed by atoms with E-state index in [0.29, 0.717) is 26.2 Å². The summed E-state index contributed by atoms with van der Waals surface area (Å²) in [4.78, 5) is 30.9. The van der Waals surface area contributed by atoms with E-state index >= 15 is 0 Å². The van der Waals surface area contributed by atoms with Gasteiger partial charge in [0, 0.05) is 25.3 Å². The molecule has 0 aromatic heterocycles. The van der Waals surface area contributed by atoms with Crippen LogP contribution >= 0.6 is 0 Å². The molecule has 0 bridgehead atoms. The maximum Gasteiger partial charge on any atom is 0.256 e. The van der Waals surface area contributed by atoms with E-state index in [-0.39, 0.29) is 22.9 Å². The van der Waals surface area contributed by atoms with E-state index in [4.69, 9.17) is 0 Å². The molecule has 2 amide bonds. The van der Waals surface area contributed by atoms with Crippen LogP contribution in [-0.2, 0) is 4.79 Å². The van der Waals surface area contributed by atoms with Crippen LogP contribution in [0.5, 0.6) is 0 Å². The zero-order valence-electron chi connectivity index (χ0n) is 15.3. The summed E-state index contributed by atoms with van der Waals surface area (Å²) in [5.74, 6) is -0.740. The monoisotopic (exact) mass is 367 g/mol. The van der Waals surface area contributed by atoms with Crippen molar-refractivity contribution in [1.82, 2.24) is 9.80 Å². The van der Waals surface area contributed by atoms with Crippen LogP contribution in [0.2, 0.25) is 0 Å². The van der Waals surface area contributed by atoms with Gasteiger partial charge in [-0.05, 0) is 37.7 Å². The van der Waals surface area contributed by atoms with Crippen LogP contribution in [-0.4, -0.2) is 60.4 Å². The molecule has 2 aromatic carbocycles. The summed E-state index contributed by atoms with van der Waals surface area (Å²) in [7, 11) is 1.93. The van der Waals surface area contributed by atoms with Crippen LogP contribution in [0, 0.1) is 5.82 Å². The SMILES string of the molecule is CN1CC(=O)N(c2ccccc2)C[C@@]12CCN(C(=O)c1ccccc1F)C2. The van der Waals surface area contributed by atoms with E-state index in [9.17, 15) is 14.0 Å². The average Bonchev–Trinajstić information content (AvgIpc) is 3.11. The normalized spacial score (nSPS) is 23.3. The number of amides is 2. The van der Waals surface area contributed by atoms with Gasteiger partial charge < -0.3 is 9.80 Å². The summed E-state index contributed by atoms with van der Waals surface area (Å²) in [5, 5.41) is 0. The predicted molar refractivity (Wildman–Crippen MR) is 101 cm³/mol. The van der Waals surface area contributed by atoms with Crippen molar-refractivity contribution < 1.29 is 14.0 Å². The summed E-state index contributed by atoms with van der Waals surface area (Å²) in [6.07, 6.45) is 0.750. The molecule has 2 fully saturated rings. The number of para-hydroxylation sites is 1. The number of hydrogen-bond donors (Lipinski definition) is 0. The van der Waals surface area contributed by atoms with Crippen molar-refractivity contribution in [2.45, 2.75) is 12.0 Å². The topological polar surface area (TPSA) is 43.9 Å². The summed E-state index contributed by atoms with van der Waals surface area (Å²) in [6, 6.07) is 15.7. The fraction of sp³-hybridized carbons (Fsp3) is 0.333. The lowest BCUT2D eigenvalue weighted by atomic mass is 9.92. The first-order valence-corrected chi connectivity index (χ1v) is 9.11. The van der Waals surface area contributed by atoms with Gasteiger partial charge in [0.1, 0.15) is 5.82 Å². The van der Waals surface area contributed by atoms with Gasteiger partial charge >= 0.3 is 0 Å². The number of carbonyl (C=O) groups excluding carboxylic acids is 2. The predicted octanol–water partition coefficient (Wildman–Crippen LogP) is 2.39. The minimum Gasteiger partial charge on any atom is -0.337 e. The van der Waals surface area contributed by atoms with E-state index in [1.807, 2.05) is 42.3 Å². The van der Waals surface area contributed by atoms with Crippen molar-refractivity contribution in [3.05, 3.63) is 66.0 Å². The molecule has 4 rings (SSSR count). The zero-order chi connectivity index (χ0) is 19.0. The van der Waals surface area contributed by atoms with Gasteiger partial charge in [-0.2, -0.15) is 0 Å². The second-order valence-electron chi connectivity index (χ2n) is 7.35. The molecule has 2 aromatic rings. The Balaban J connectivity index is 1.57. The summed E-state index contributed by atoms with van der Waals surface area (Å²) in [6.45, 7) is 1.85. The van der Waals surface area contributed by atoms with Crippen LogP contribution in [0.25, 0.3) is 0 Å². The molecule has 2 aliphatic rings. The van der Waals surface area contributed by atoms with E-state index in [1.54, 1.807) is 21.9 Å². The number of rotatable bonds is 2. The van der Waals surface area contributed by atoms with Crippen LogP contribution in [0.1, 0.15) is 16.8 Å². The van der Waals surface area contributed by atoms with Crippen molar-refractivity contribution in [3.8, 4) is 0 Å². The van der Waals surface area contributed by atoms with E-state index < -0.39 is 5.82 Å². The van der Waals surface area contributed by atoms with Crippen LogP contribution in [0.4, 0.5) is 10.1 Å². The zero-order valence-corrected chi connectivity index (χ0v) is 15.3. The van der Waals surface area contributed by atoms with E-state index in [1.165, 1.54) is 12.1 Å². The summed E-state index contributed by atoms with van der Waals surface area (Å²) >= 11 is 0. The molecule has 0 N–H and O–H groups in total. The van der Waals surface area contributed by atoms with Gasteiger partial charge in [-0.15, -0.1) is 0 Å². The Morgan fingerprint density at radius 1 is 1.04 bits per heavy atom. The Labute approximate surface area is 158 Å². The lowest BCUT2D eigenvalue weighted by Gasteiger charge is -2.46. The van der Waals surface area contributed by atoms with Crippen LogP contribution < -0.4 is 4.90 Å². The fourth-order valence-corrected chi connectivity index (χ4v) is 4.08. The number of likely N-dealkylation sites (tertiary alicyclic amines) is 1. The van der Waals surface area contributed by atoms with Crippen molar-refractivity contribution in [2.75, 3.05) is 38.1 Å². The Bertz CT molecular complexity index is 873. The third-order valence-corrected chi connectivity index (χ3v) is 5.73. The maximum atomic E-state index is 14.0. The Morgan fingerprint density at radius 2 is 1.74 bits per heavy atom. The molecule has 27 heavy (non-hydrogen) atoms. The number of carbonyl (C=O) groups is 2. The average molecular weight is 367 g/mol. The van der Waals surface area contributed by atoms with Crippen molar-refractivity contribution in [1.29, 1.82) is 0 Å². The molecule has 6 heteroatoms. The maximum absolute atomic E-state index is 14.0. The number of likely N-dealkylation sites (N-methyl/N-ethyl adjacent to an activating group) is 1. The van der Waals surface area contributed by atoms with E-state index in [2.05, 4.69) is 0 Å². The molecule has 140 valence electrons. The largest absolute Gasteiger partial charge is 0.337 e. The third kappa shape index (κ3) is 3.10. The molecule has 0 saturated carbocycles. The van der Waals surface area contributed by atoms with Gasteiger partial charge in [0.15, 0.2) is 0 Å². The van der Waals surface area contributed by atoms with Gasteiger partial charge in [0.2, 0.25) is 5.91 Å². The first-order valence-electron chi connectivity index (χ1n) is 9.11. The lowest BCUT2D eigenvalue weighted by Crippen LogP contribution is -2.64. The summed E-state index contributed by atoms with van der Waals surface area (Å²) < 4.78 is 14.0. The van der Waals surface area contributed by atoms with Crippen molar-refractivity contribution in [2.24, 2.45) is 0 Å². The Hall–Kier alpha value is -2.73. The highest BCUT2D eigenvalue weighted by molar-refractivity contribution is 5.97. The molecule has 0 aliphatic carbocycles. The van der Waals surface area contributed by atoms with Gasteiger partial charge in [-0.1, -0.05) is 30.3 Å². The smallest absolute Gasteiger partial charge is 0.256 e. The number of nitrogens with zero attached hydrogens (tertiary/aromatic N) is 3.